The molecule has 3 aromatic rings. The van der Waals surface area contributed by atoms with Crippen molar-refractivity contribution in [1.82, 2.24) is 0 Å². The van der Waals surface area contributed by atoms with Gasteiger partial charge in [-0.05, 0) is 55.8 Å². The smallest absolute Gasteiger partial charge is 0.262 e. The normalized spacial score (nSPS) is 11.1. The SMILES string of the molecule is Cc1ccc(C(=O)Nc2ccc(C)c(S(=O)(=O)Nc3ccccc3Cl)c2)cc1. The topological polar surface area (TPSA) is 75.3 Å². The van der Waals surface area contributed by atoms with Crippen LogP contribution in [0.25, 0.3) is 0 Å². The van der Waals surface area contributed by atoms with Gasteiger partial charge in [-0.1, -0.05) is 47.5 Å². The van der Waals surface area contributed by atoms with E-state index in [-0.39, 0.29) is 16.5 Å². The molecule has 0 heterocycles. The average molecular weight is 415 g/mol. The van der Waals surface area contributed by atoms with Crippen LogP contribution in [0.15, 0.2) is 71.6 Å². The maximum atomic E-state index is 12.8. The van der Waals surface area contributed by atoms with Crippen molar-refractivity contribution in [3.63, 3.8) is 0 Å². The number of benzene rings is 3. The number of halogens is 1. The van der Waals surface area contributed by atoms with Crippen LogP contribution in [-0.2, 0) is 10.0 Å². The molecule has 0 radical (unpaired) electrons. The Balaban J connectivity index is 1.87. The lowest BCUT2D eigenvalue weighted by molar-refractivity contribution is 0.102. The van der Waals surface area contributed by atoms with E-state index in [1.165, 1.54) is 6.07 Å². The molecule has 5 nitrogen and oxygen atoms in total. The Hall–Kier alpha value is -2.83. The van der Waals surface area contributed by atoms with Gasteiger partial charge in [0.2, 0.25) is 0 Å². The molecule has 0 aliphatic carbocycles. The van der Waals surface area contributed by atoms with Gasteiger partial charge in [-0.2, -0.15) is 0 Å². The fourth-order valence-electron chi connectivity index (χ4n) is 2.62. The monoisotopic (exact) mass is 414 g/mol. The van der Waals surface area contributed by atoms with Gasteiger partial charge in [0.1, 0.15) is 0 Å². The molecule has 0 spiro atoms. The van der Waals surface area contributed by atoms with Crippen LogP contribution in [0.1, 0.15) is 21.5 Å². The van der Waals surface area contributed by atoms with Crippen LogP contribution in [0.2, 0.25) is 5.02 Å². The quantitative estimate of drug-likeness (QED) is 0.616. The highest BCUT2D eigenvalue weighted by Crippen LogP contribution is 2.27. The Morgan fingerprint density at radius 3 is 2.29 bits per heavy atom. The Morgan fingerprint density at radius 2 is 1.61 bits per heavy atom. The molecule has 144 valence electrons. The number of carbonyl (C=O) groups excluding carboxylic acids is 1. The van der Waals surface area contributed by atoms with E-state index in [1.54, 1.807) is 55.5 Å². The first-order valence-electron chi connectivity index (χ1n) is 8.52. The first kappa shape index (κ1) is 19.9. The average Bonchev–Trinajstić information content (AvgIpc) is 2.65. The summed E-state index contributed by atoms with van der Waals surface area (Å²) in [6.45, 7) is 3.62. The number of rotatable bonds is 5. The summed E-state index contributed by atoms with van der Waals surface area (Å²) in [5.41, 5.74) is 2.76. The van der Waals surface area contributed by atoms with Crippen LogP contribution in [0.3, 0.4) is 0 Å². The van der Waals surface area contributed by atoms with E-state index in [2.05, 4.69) is 10.0 Å². The molecule has 0 aliphatic rings. The van der Waals surface area contributed by atoms with Gasteiger partial charge >= 0.3 is 0 Å². The zero-order valence-electron chi connectivity index (χ0n) is 15.4. The summed E-state index contributed by atoms with van der Waals surface area (Å²) in [7, 11) is -3.88. The third-order valence-corrected chi connectivity index (χ3v) is 6.00. The van der Waals surface area contributed by atoms with Crippen molar-refractivity contribution in [3.8, 4) is 0 Å². The van der Waals surface area contributed by atoms with Crippen molar-refractivity contribution in [2.45, 2.75) is 18.7 Å². The highest BCUT2D eigenvalue weighted by atomic mass is 35.5. The van der Waals surface area contributed by atoms with Gasteiger partial charge < -0.3 is 5.32 Å². The van der Waals surface area contributed by atoms with E-state index < -0.39 is 10.0 Å². The highest BCUT2D eigenvalue weighted by Gasteiger charge is 2.19. The first-order valence-corrected chi connectivity index (χ1v) is 10.4. The van der Waals surface area contributed by atoms with Crippen LogP contribution < -0.4 is 10.0 Å². The summed E-state index contributed by atoms with van der Waals surface area (Å²) in [6, 6.07) is 18.4. The van der Waals surface area contributed by atoms with Crippen LogP contribution in [0.5, 0.6) is 0 Å². The number of hydrogen-bond acceptors (Lipinski definition) is 3. The minimum Gasteiger partial charge on any atom is -0.322 e. The van der Waals surface area contributed by atoms with Crippen molar-refractivity contribution >= 4 is 38.9 Å². The summed E-state index contributed by atoms with van der Waals surface area (Å²) in [5.74, 6) is -0.314. The third-order valence-electron chi connectivity index (χ3n) is 4.17. The number of anilines is 2. The summed E-state index contributed by atoms with van der Waals surface area (Å²) in [4.78, 5) is 12.5. The zero-order valence-corrected chi connectivity index (χ0v) is 16.9. The second-order valence-electron chi connectivity index (χ2n) is 6.39. The molecule has 0 saturated heterocycles. The molecule has 28 heavy (non-hydrogen) atoms. The zero-order chi connectivity index (χ0) is 20.3. The number of hydrogen-bond donors (Lipinski definition) is 2. The van der Waals surface area contributed by atoms with Gasteiger partial charge in [-0.3, -0.25) is 9.52 Å². The number of aryl methyl sites for hydroxylation is 2. The minimum atomic E-state index is -3.88. The molecule has 0 fully saturated rings. The Morgan fingerprint density at radius 1 is 0.929 bits per heavy atom. The van der Waals surface area contributed by atoms with E-state index in [4.69, 9.17) is 11.6 Å². The molecule has 1 amide bonds. The molecule has 0 saturated carbocycles. The molecule has 0 aromatic heterocycles. The molecule has 0 unspecified atom stereocenters. The third kappa shape index (κ3) is 4.52. The van der Waals surface area contributed by atoms with E-state index >= 15 is 0 Å². The summed E-state index contributed by atoms with van der Waals surface area (Å²) < 4.78 is 28.2. The van der Waals surface area contributed by atoms with Gasteiger partial charge in [0.05, 0.1) is 15.6 Å². The predicted molar refractivity (Wildman–Crippen MR) is 113 cm³/mol. The van der Waals surface area contributed by atoms with Gasteiger partial charge in [0, 0.05) is 11.3 Å². The maximum absolute atomic E-state index is 12.8. The van der Waals surface area contributed by atoms with Crippen molar-refractivity contribution in [2.75, 3.05) is 10.0 Å². The molecule has 3 rings (SSSR count). The number of para-hydroxylation sites is 1. The first-order chi connectivity index (χ1) is 13.3. The van der Waals surface area contributed by atoms with E-state index in [0.29, 0.717) is 21.8 Å². The lowest BCUT2D eigenvalue weighted by Gasteiger charge is -2.13. The van der Waals surface area contributed by atoms with Gasteiger partial charge in [-0.25, -0.2) is 8.42 Å². The number of nitrogens with one attached hydrogen (secondary N) is 2. The summed E-state index contributed by atoms with van der Waals surface area (Å²) >= 11 is 6.05. The number of carbonyl (C=O) groups is 1. The molecular weight excluding hydrogens is 396 g/mol. The minimum absolute atomic E-state index is 0.0640. The molecular formula is C21H19ClN2O3S. The number of sulfonamides is 1. The second kappa shape index (κ2) is 8.04. The van der Waals surface area contributed by atoms with E-state index in [1.807, 2.05) is 19.1 Å². The van der Waals surface area contributed by atoms with Gasteiger partial charge in [-0.15, -0.1) is 0 Å². The van der Waals surface area contributed by atoms with Crippen LogP contribution >= 0.6 is 11.6 Å². The largest absolute Gasteiger partial charge is 0.322 e. The maximum Gasteiger partial charge on any atom is 0.262 e. The highest BCUT2D eigenvalue weighted by molar-refractivity contribution is 7.92. The summed E-state index contributed by atoms with van der Waals surface area (Å²) in [5, 5.41) is 3.03. The lowest BCUT2D eigenvalue weighted by Crippen LogP contribution is -2.16. The van der Waals surface area contributed by atoms with E-state index in [0.717, 1.165) is 5.56 Å². The van der Waals surface area contributed by atoms with Crippen molar-refractivity contribution in [1.29, 1.82) is 0 Å². The van der Waals surface area contributed by atoms with Crippen LogP contribution in [-0.4, -0.2) is 14.3 Å². The van der Waals surface area contributed by atoms with Gasteiger partial charge in [0.25, 0.3) is 15.9 Å². The Kier molecular flexibility index (Phi) is 5.72. The molecule has 7 heteroatoms. The molecule has 3 aromatic carbocycles. The fourth-order valence-corrected chi connectivity index (χ4v) is 4.21. The Bertz CT molecular complexity index is 1130. The van der Waals surface area contributed by atoms with Crippen LogP contribution in [0, 0.1) is 13.8 Å². The molecule has 0 atom stereocenters. The van der Waals surface area contributed by atoms with Crippen molar-refractivity contribution in [2.24, 2.45) is 0 Å². The lowest BCUT2D eigenvalue weighted by atomic mass is 10.1. The molecule has 0 bridgehead atoms. The van der Waals surface area contributed by atoms with E-state index in [9.17, 15) is 13.2 Å². The van der Waals surface area contributed by atoms with Gasteiger partial charge in [0.15, 0.2) is 0 Å². The standard InChI is InChI=1S/C21H19ClN2O3S/c1-14-7-10-16(11-8-14)21(25)23-17-12-9-15(2)20(13-17)28(26,27)24-19-6-4-3-5-18(19)22/h3-13,24H,1-2H3,(H,23,25). The van der Waals surface area contributed by atoms with Crippen molar-refractivity contribution in [3.05, 3.63) is 88.4 Å². The molecule has 2 N–H and O–H groups in total. The fraction of sp³-hybridized carbons (Fsp3) is 0.0952. The Labute approximate surface area is 169 Å². The molecule has 0 aliphatic heterocycles. The summed E-state index contributed by atoms with van der Waals surface area (Å²) in [6.07, 6.45) is 0. The van der Waals surface area contributed by atoms with Crippen molar-refractivity contribution < 1.29 is 13.2 Å². The number of amides is 1. The van der Waals surface area contributed by atoms with Crippen LogP contribution in [0.4, 0.5) is 11.4 Å². The second-order valence-corrected chi connectivity index (χ2v) is 8.44. The predicted octanol–water partition coefficient (Wildman–Crippen LogP) is 5.01.